The summed E-state index contributed by atoms with van der Waals surface area (Å²) >= 11 is 0. The zero-order valence-electron chi connectivity index (χ0n) is 11.0. The number of nitrogens with zero attached hydrogens (tertiary/aromatic N) is 2. The number of nitrogens with one attached hydrogen (secondary N) is 2. The van der Waals surface area contributed by atoms with E-state index in [1.54, 1.807) is 13.3 Å². The number of aromatic nitrogens is 2. The average molecular weight is 311 g/mol. The Hall–Kier alpha value is -0.950. The van der Waals surface area contributed by atoms with Crippen molar-refractivity contribution in [2.24, 2.45) is 0 Å². The summed E-state index contributed by atoms with van der Waals surface area (Å²) in [4.78, 5) is 19.6. The molecule has 1 aromatic rings. The molecule has 1 heterocycles. The number of aryl methyl sites for hydroxylation is 1. The van der Waals surface area contributed by atoms with Crippen molar-refractivity contribution in [3.05, 3.63) is 23.8 Å². The minimum absolute atomic E-state index is 0. The first-order valence-electron chi connectivity index (χ1n) is 5.50. The van der Waals surface area contributed by atoms with Gasteiger partial charge < -0.3 is 15.4 Å². The third kappa shape index (κ3) is 8.72. The molecule has 0 saturated carbocycles. The molecule has 8 heteroatoms. The van der Waals surface area contributed by atoms with Gasteiger partial charge in [-0.05, 0) is 6.92 Å². The van der Waals surface area contributed by atoms with Gasteiger partial charge in [-0.25, -0.2) is 4.98 Å². The van der Waals surface area contributed by atoms with Crippen LogP contribution in [0.3, 0.4) is 0 Å². The first-order valence-corrected chi connectivity index (χ1v) is 5.50. The van der Waals surface area contributed by atoms with Gasteiger partial charge in [0.1, 0.15) is 5.69 Å². The van der Waals surface area contributed by atoms with Crippen molar-refractivity contribution >= 4 is 30.7 Å². The van der Waals surface area contributed by atoms with E-state index in [1.807, 2.05) is 6.92 Å². The van der Waals surface area contributed by atoms with Crippen LogP contribution in [0.25, 0.3) is 0 Å². The van der Waals surface area contributed by atoms with E-state index in [0.717, 1.165) is 12.2 Å². The van der Waals surface area contributed by atoms with Crippen LogP contribution in [0.5, 0.6) is 0 Å². The smallest absolute Gasteiger partial charge is 0.271 e. The minimum Gasteiger partial charge on any atom is -0.383 e. The lowest BCUT2D eigenvalue weighted by molar-refractivity contribution is 0.0948. The maximum Gasteiger partial charge on any atom is 0.271 e. The Labute approximate surface area is 125 Å². The molecule has 0 aromatic carbocycles. The normalized spacial score (nSPS) is 9.16. The molecule has 0 bridgehead atoms. The number of carbonyl (C=O) groups excluding carboxylic acids is 1. The van der Waals surface area contributed by atoms with Gasteiger partial charge in [0.2, 0.25) is 0 Å². The number of rotatable bonds is 7. The van der Waals surface area contributed by atoms with Crippen molar-refractivity contribution in [1.29, 1.82) is 0 Å². The fraction of sp³-hybridized carbons (Fsp3) is 0.545. The van der Waals surface area contributed by atoms with Gasteiger partial charge in [-0.2, -0.15) is 0 Å². The highest BCUT2D eigenvalue weighted by atomic mass is 35.5. The first-order chi connectivity index (χ1) is 8.24. The summed E-state index contributed by atoms with van der Waals surface area (Å²) < 4.78 is 4.88. The predicted molar refractivity (Wildman–Crippen MR) is 78.3 cm³/mol. The molecule has 0 spiro atoms. The van der Waals surface area contributed by atoms with Crippen LogP contribution < -0.4 is 10.6 Å². The van der Waals surface area contributed by atoms with Crippen LogP contribution in [0.1, 0.15) is 16.2 Å². The molecule has 19 heavy (non-hydrogen) atoms. The van der Waals surface area contributed by atoms with Crippen LogP contribution in [0.2, 0.25) is 0 Å². The van der Waals surface area contributed by atoms with Gasteiger partial charge in [0, 0.05) is 32.9 Å². The Morgan fingerprint density at radius 3 is 2.53 bits per heavy atom. The molecular formula is C11H20Cl2N4O2. The second kappa shape index (κ2) is 12.1. The molecule has 110 valence electrons. The van der Waals surface area contributed by atoms with Crippen molar-refractivity contribution < 1.29 is 9.53 Å². The quantitative estimate of drug-likeness (QED) is 0.721. The highest BCUT2D eigenvalue weighted by Gasteiger charge is 2.05. The number of methoxy groups -OCH3 is 1. The Balaban J connectivity index is 0. The maximum absolute atomic E-state index is 11.6. The summed E-state index contributed by atoms with van der Waals surface area (Å²) in [7, 11) is 1.65. The molecule has 0 aliphatic carbocycles. The van der Waals surface area contributed by atoms with E-state index in [9.17, 15) is 4.79 Å². The summed E-state index contributed by atoms with van der Waals surface area (Å²) in [5, 5.41) is 5.88. The van der Waals surface area contributed by atoms with Crippen LogP contribution >= 0.6 is 24.8 Å². The van der Waals surface area contributed by atoms with Gasteiger partial charge >= 0.3 is 0 Å². The molecule has 6 nitrogen and oxygen atoms in total. The molecule has 0 aliphatic rings. The number of hydrogen-bond acceptors (Lipinski definition) is 5. The number of hydrogen-bond donors (Lipinski definition) is 2. The van der Waals surface area contributed by atoms with Gasteiger partial charge in [-0.1, -0.05) is 0 Å². The summed E-state index contributed by atoms with van der Waals surface area (Å²) in [6.45, 7) is 4.52. The molecule has 1 aromatic heterocycles. The van der Waals surface area contributed by atoms with Crippen LogP contribution in [-0.2, 0) is 4.74 Å². The lowest BCUT2D eigenvalue weighted by Crippen LogP contribution is -2.33. The fourth-order valence-electron chi connectivity index (χ4n) is 1.16. The molecule has 0 fully saturated rings. The molecule has 0 aliphatic heterocycles. The number of ether oxygens (including phenoxy) is 1. The molecule has 0 atom stereocenters. The van der Waals surface area contributed by atoms with Gasteiger partial charge in [0.15, 0.2) is 0 Å². The number of carbonyl (C=O) groups is 1. The van der Waals surface area contributed by atoms with Crippen LogP contribution in [0.4, 0.5) is 0 Å². The van der Waals surface area contributed by atoms with E-state index in [-0.39, 0.29) is 30.7 Å². The molecule has 2 N–H and O–H groups in total. The second-order valence-corrected chi connectivity index (χ2v) is 3.54. The number of halogens is 2. The zero-order valence-corrected chi connectivity index (χ0v) is 12.6. The highest BCUT2D eigenvalue weighted by molar-refractivity contribution is 5.91. The van der Waals surface area contributed by atoms with E-state index >= 15 is 0 Å². The Morgan fingerprint density at radius 2 is 1.95 bits per heavy atom. The summed E-state index contributed by atoms with van der Waals surface area (Å²) in [6, 6.07) is 0. The molecule has 0 radical (unpaired) electrons. The molecule has 1 amide bonds. The van der Waals surface area contributed by atoms with E-state index in [1.165, 1.54) is 6.20 Å². The van der Waals surface area contributed by atoms with Crippen LogP contribution in [0, 0.1) is 6.92 Å². The van der Waals surface area contributed by atoms with Crippen molar-refractivity contribution in [2.45, 2.75) is 6.92 Å². The second-order valence-electron chi connectivity index (χ2n) is 3.54. The fourth-order valence-corrected chi connectivity index (χ4v) is 1.16. The average Bonchev–Trinajstić information content (AvgIpc) is 2.34. The topological polar surface area (TPSA) is 76.1 Å². The SMILES string of the molecule is COCCNCCNC(=O)c1cnc(C)cn1.Cl.Cl. The monoisotopic (exact) mass is 310 g/mol. The Bertz CT molecular complexity index is 349. The summed E-state index contributed by atoms with van der Waals surface area (Å²) in [5.41, 5.74) is 1.13. The van der Waals surface area contributed by atoms with E-state index in [2.05, 4.69) is 20.6 Å². The third-order valence-corrected chi connectivity index (χ3v) is 2.08. The van der Waals surface area contributed by atoms with E-state index in [4.69, 9.17) is 4.74 Å². The molecule has 0 unspecified atom stereocenters. The Kier molecular flexibility index (Phi) is 13.0. The minimum atomic E-state index is -0.203. The molecule has 0 saturated heterocycles. The van der Waals surface area contributed by atoms with Crippen molar-refractivity contribution in [2.75, 3.05) is 33.4 Å². The van der Waals surface area contributed by atoms with E-state index < -0.39 is 0 Å². The first kappa shape index (κ1) is 20.4. The number of amides is 1. The van der Waals surface area contributed by atoms with Gasteiger partial charge in [0.25, 0.3) is 5.91 Å². The largest absolute Gasteiger partial charge is 0.383 e. The summed E-state index contributed by atoms with van der Waals surface area (Å²) in [5.74, 6) is -0.203. The molecule has 1 rings (SSSR count). The lowest BCUT2D eigenvalue weighted by atomic mass is 10.4. The van der Waals surface area contributed by atoms with Crippen molar-refractivity contribution in [3.63, 3.8) is 0 Å². The van der Waals surface area contributed by atoms with E-state index in [0.29, 0.717) is 25.4 Å². The lowest BCUT2D eigenvalue weighted by Gasteiger charge is -2.05. The van der Waals surface area contributed by atoms with Crippen LogP contribution in [-0.4, -0.2) is 49.2 Å². The maximum atomic E-state index is 11.6. The van der Waals surface area contributed by atoms with Gasteiger partial charge in [0.05, 0.1) is 18.5 Å². The zero-order chi connectivity index (χ0) is 12.5. The van der Waals surface area contributed by atoms with Gasteiger partial charge in [-0.3, -0.25) is 9.78 Å². The Morgan fingerprint density at radius 1 is 1.21 bits per heavy atom. The van der Waals surface area contributed by atoms with Crippen molar-refractivity contribution in [3.8, 4) is 0 Å². The molecular weight excluding hydrogens is 291 g/mol. The predicted octanol–water partition coefficient (Wildman–Crippen LogP) is 0.594. The van der Waals surface area contributed by atoms with Gasteiger partial charge in [-0.15, -0.1) is 24.8 Å². The van der Waals surface area contributed by atoms with Crippen molar-refractivity contribution in [1.82, 2.24) is 20.6 Å². The third-order valence-electron chi connectivity index (χ3n) is 2.08. The summed E-state index contributed by atoms with van der Waals surface area (Å²) in [6.07, 6.45) is 3.05. The highest BCUT2D eigenvalue weighted by Crippen LogP contribution is 1.93. The standard InChI is InChI=1S/C11H18N4O2.2ClH/c1-9-7-15-10(8-14-9)11(16)13-4-3-12-5-6-17-2;;/h7-8,12H,3-6H2,1-2H3,(H,13,16);2*1H. The van der Waals surface area contributed by atoms with Crippen LogP contribution in [0.15, 0.2) is 12.4 Å².